The number of aryl methyl sites for hydroxylation is 1. The summed E-state index contributed by atoms with van der Waals surface area (Å²) in [6, 6.07) is 0.326. The van der Waals surface area contributed by atoms with Crippen molar-refractivity contribution in [2.45, 2.75) is 33.2 Å². The Hall–Kier alpha value is -0.870. The van der Waals surface area contributed by atoms with Crippen LogP contribution in [0.2, 0.25) is 0 Å². The minimum absolute atomic E-state index is 0.326. The molecule has 0 aromatic carbocycles. The van der Waals surface area contributed by atoms with E-state index >= 15 is 0 Å². The van der Waals surface area contributed by atoms with E-state index in [4.69, 9.17) is 0 Å². The molecule has 4 nitrogen and oxygen atoms in total. The monoisotopic (exact) mass is 238 g/mol. The van der Waals surface area contributed by atoms with Crippen LogP contribution in [-0.2, 0) is 7.05 Å². The number of rotatable bonds is 8. The topological polar surface area (TPSA) is 33.1 Å². The third kappa shape index (κ3) is 4.48. The average molecular weight is 238 g/mol. The molecular formula is C13H26N4. The Kier molecular flexibility index (Phi) is 6.22. The van der Waals surface area contributed by atoms with Gasteiger partial charge in [-0.3, -0.25) is 0 Å². The van der Waals surface area contributed by atoms with E-state index < -0.39 is 0 Å². The van der Waals surface area contributed by atoms with Gasteiger partial charge in [-0.15, -0.1) is 0 Å². The molecule has 17 heavy (non-hydrogen) atoms. The highest BCUT2D eigenvalue weighted by atomic mass is 15.1. The van der Waals surface area contributed by atoms with Crippen molar-refractivity contribution in [3.8, 4) is 0 Å². The Bertz CT molecular complexity index is 304. The van der Waals surface area contributed by atoms with Gasteiger partial charge in [0.25, 0.3) is 0 Å². The number of hydrogen-bond acceptors (Lipinski definition) is 3. The molecule has 1 rings (SSSR count). The van der Waals surface area contributed by atoms with Gasteiger partial charge in [0.1, 0.15) is 5.82 Å². The van der Waals surface area contributed by atoms with E-state index in [9.17, 15) is 0 Å². The number of imidazole rings is 1. The molecule has 0 amide bonds. The highest BCUT2D eigenvalue weighted by Gasteiger charge is 2.08. The molecule has 1 N–H and O–H groups in total. The number of aromatic nitrogens is 2. The third-order valence-electron chi connectivity index (χ3n) is 3.24. The van der Waals surface area contributed by atoms with Crippen molar-refractivity contribution in [3.05, 3.63) is 18.2 Å². The second kappa shape index (κ2) is 7.45. The van der Waals surface area contributed by atoms with E-state index in [0.717, 1.165) is 25.5 Å². The molecular weight excluding hydrogens is 212 g/mol. The Labute approximate surface area is 105 Å². The van der Waals surface area contributed by atoms with Crippen LogP contribution in [-0.4, -0.2) is 40.6 Å². The molecule has 0 spiro atoms. The second-order valence-electron chi connectivity index (χ2n) is 4.45. The molecule has 0 aliphatic rings. The standard InChI is InChI=1S/C13H26N4/c1-5-17(6-2)10-7-8-14-12(3)13-15-9-11-16(13)4/h9,11-12,14H,5-8,10H2,1-4H3. The molecule has 1 unspecified atom stereocenters. The minimum atomic E-state index is 0.326. The first kappa shape index (κ1) is 14.2. The first-order valence-electron chi connectivity index (χ1n) is 6.62. The smallest absolute Gasteiger partial charge is 0.125 e. The predicted octanol–water partition coefficient (Wildman–Crippen LogP) is 1.80. The van der Waals surface area contributed by atoms with Crippen molar-refractivity contribution in [2.75, 3.05) is 26.2 Å². The van der Waals surface area contributed by atoms with Crippen LogP contribution in [0, 0.1) is 0 Å². The van der Waals surface area contributed by atoms with Gasteiger partial charge in [-0.1, -0.05) is 13.8 Å². The predicted molar refractivity (Wildman–Crippen MR) is 72.0 cm³/mol. The molecule has 0 aliphatic carbocycles. The van der Waals surface area contributed by atoms with Gasteiger partial charge < -0.3 is 14.8 Å². The van der Waals surface area contributed by atoms with Crippen molar-refractivity contribution in [1.29, 1.82) is 0 Å². The van der Waals surface area contributed by atoms with E-state index in [1.165, 1.54) is 13.0 Å². The number of nitrogens with zero attached hydrogens (tertiary/aromatic N) is 3. The zero-order valence-electron chi connectivity index (χ0n) is 11.6. The largest absolute Gasteiger partial charge is 0.337 e. The van der Waals surface area contributed by atoms with Gasteiger partial charge in [0.15, 0.2) is 0 Å². The first-order chi connectivity index (χ1) is 8.19. The van der Waals surface area contributed by atoms with Crippen LogP contribution in [0.3, 0.4) is 0 Å². The maximum Gasteiger partial charge on any atom is 0.125 e. The summed E-state index contributed by atoms with van der Waals surface area (Å²) in [6.45, 7) is 11.1. The van der Waals surface area contributed by atoms with Gasteiger partial charge in [0.05, 0.1) is 6.04 Å². The molecule has 0 bridgehead atoms. The summed E-state index contributed by atoms with van der Waals surface area (Å²) in [4.78, 5) is 6.80. The fourth-order valence-corrected chi connectivity index (χ4v) is 2.05. The van der Waals surface area contributed by atoms with Crippen LogP contribution in [0.25, 0.3) is 0 Å². The van der Waals surface area contributed by atoms with Crippen LogP contribution in [0.1, 0.15) is 39.1 Å². The average Bonchev–Trinajstić information content (AvgIpc) is 2.75. The molecule has 4 heteroatoms. The molecule has 1 aromatic heterocycles. The Morgan fingerprint density at radius 3 is 2.65 bits per heavy atom. The summed E-state index contributed by atoms with van der Waals surface area (Å²) < 4.78 is 2.07. The SMILES string of the molecule is CCN(CC)CCCNC(C)c1nccn1C. The zero-order valence-corrected chi connectivity index (χ0v) is 11.6. The van der Waals surface area contributed by atoms with Crippen molar-refractivity contribution in [2.24, 2.45) is 7.05 Å². The molecule has 98 valence electrons. The first-order valence-corrected chi connectivity index (χ1v) is 6.62. The lowest BCUT2D eigenvalue weighted by molar-refractivity contribution is 0.295. The van der Waals surface area contributed by atoms with Crippen LogP contribution in [0.4, 0.5) is 0 Å². The lowest BCUT2D eigenvalue weighted by Gasteiger charge is -2.19. The summed E-state index contributed by atoms with van der Waals surface area (Å²) in [5.74, 6) is 1.10. The van der Waals surface area contributed by atoms with Crippen LogP contribution >= 0.6 is 0 Å². The van der Waals surface area contributed by atoms with Gasteiger partial charge in [0.2, 0.25) is 0 Å². The quantitative estimate of drug-likeness (QED) is 0.701. The van der Waals surface area contributed by atoms with Crippen molar-refractivity contribution >= 4 is 0 Å². The Morgan fingerprint density at radius 1 is 1.41 bits per heavy atom. The third-order valence-corrected chi connectivity index (χ3v) is 3.24. The van der Waals surface area contributed by atoms with E-state index in [0.29, 0.717) is 6.04 Å². The van der Waals surface area contributed by atoms with Gasteiger partial charge >= 0.3 is 0 Å². The molecule has 1 heterocycles. The molecule has 0 fully saturated rings. The maximum atomic E-state index is 4.35. The van der Waals surface area contributed by atoms with Crippen LogP contribution in [0.5, 0.6) is 0 Å². The highest BCUT2D eigenvalue weighted by Crippen LogP contribution is 2.07. The van der Waals surface area contributed by atoms with E-state index in [1.807, 2.05) is 19.4 Å². The lowest BCUT2D eigenvalue weighted by atomic mass is 10.3. The molecule has 1 atom stereocenters. The van der Waals surface area contributed by atoms with E-state index in [2.05, 4.69) is 40.5 Å². The van der Waals surface area contributed by atoms with Gasteiger partial charge in [-0.2, -0.15) is 0 Å². The number of nitrogens with one attached hydrogen (secondary N) is 1. The second-order valence-corrected chi connectivity index (χ2v) is 4.45. The van der Waals surface area contributed by atoms with Crippen LogP contribution in [0.15, 0.2) is 12.4 Å². The zero-order chi connectivity index (χ0) is 12.7. The van der Waals surface area contributed by atoms with Crippen molar-refractivity contribution in [3.63, 3.8) is 0 Å². The van der Waals surface area contributed by atoms with E-state index in [1.54, 1.807) is 0 Å². The summed E-state index contributed by atoms with van der Waals surface area (Å²) >= 11 is 0. The van der Waals surface area contributed by atoms with E-state index in [-0.39, 0.29) is 0 Å². The van der Waals surface area contributed by atoms with Gasteiger partial charge in [0, 0.05) is 19.4 Å². The van der Waals surface area contributed by atoms with Crippen molar-refractivity contribution < 1.29 is 0 Å². The maximum absolute atomic E-state index is 4.35. The minimum Gasteiger partial charge on any atom is -0.337 e. The normalized spacial score (nSPS) is 13.2. The van der Waals surface area contributed by atoms with Gasteiger partial charge in [-0.05, 0) is 39.5 Å². The molecule has 1 aromatic rings. The fraction of sp³-hybridized carbons (Fsp3) is 0.769. The molecule has 0 radical (unpaired) electrons. The summed E-state index contributed by atoms with van der Waals surface area (Å²) in [5.41, 5.74) is 0. The Balaban J connectivity index is 2.21. The summed E-state index contributed by atoms with van der Waals surface area (Å²) in [5, 5.41) is 3.52. The lowest BCUT2D eigenvalue weighted by Crippen LogP contribution is -2.28. The summed E-state index contributed by atoms with van der Waals surface area (Å²) in [7, 11) is 2.04. The van der Waals surface area contributed by atoms with Crippen molar-refractivity contribution in [1.82, 2.24) is 19.8 Å². The fourth-order valence-electron chi connectivity index (χ4n) is 2.05. The highest BCUT2D eigenvalue weighted by molar-refractivity contribution is 4.96. The number of hydrogen-bond donors (Lipinski definition) is 1. The molecule has 0 aliphatic heterocycles. The van der Waals surface area contributed by atoms with Crippen LogP contribution < -0.4 is 5.32 Å². The van der Waals surface area contributed by atoms with Gasteiger partial charge in [-0.25, -0.2) is 4.98 Å². The molecule has 0 saturated heterocycles. The Morgan fingerprint density at radius 2 is 2.12 bits per heavy atom. The summed E-state index contributed by atoms with van der Waals surface area (Å²) in [6.07, 6.45) is 5.03. The molecule has 0 saturated carbocycles.